The van der Waals surface area contributed by atoms with Crippen LogP contribution in [0, 0.1) is 40.8 Å². The van der Waals surface area contributed by atoms with Crippen LogP contribution in [0.25, 0.3) is 0 Å². The molecule has 0 aliphatic heterocycles. The van der Waals surface area contributed by atoms with E-state index >= 15 is 0 Å². The molecule has 1 aromatic rings. The first-order valence-electron chi connectivity index (χ1n) is 4.58. The van der Waals surface area contributed by atoms with Crippen molar-refractivity contribution in [2.24, 2.45) is 5.73 Å². The van der Waals surface area contributed by atoms with Crippen molar-refractivity contribution in [3.63, 3.8) is 0 Å². The Morgan fingerprint density at radius 2 is 1.90 bits per heavy atom. The number of amides is 1. The largest absolute Gasteiger partial charge is 2.00 e. The first-order valence-corrected chi connectivity index (χ1v) is 4.58. The van der Waals surface area contributed by atoms with Crippen LogP contribution < -0.4 is 10.5 Å². The van der Waals surface area contributed by atoms with Gasteiger partial charge in [0.05, 0.1) is 25.2 Å². The van der Waals surface area contributed by atoms with E-state index in [0.717, 1.165) is 0 Å². The fraction of sp³-hybridized carbons (Fsp3) is 0.167. The number of nitriles is 1. The number of ether oxygens (including phenoxy) is 1. The van der Waals surface area contributed by atoms with Gasteiger partial charge in [0, 0.05) is 5.56 Å². The van der Waals surface area contributed by atoms with Gasteiger partial charge in [0.15, 0.2) is 11.6 Å². The number of primary amides is 1. The number of carbonyl (C=O) groups excluding carboxylic acids is 1. The monoisotopic (exact) mass is 324 g/mol. The van der Waals surface area contributed by atoms with Gasteiger partial charge in [-0.1, -0.05) is 0 Å². The van der Waals surface area contributed by atoms with Gasteiger partial charge in [0.1, 0.15) is 0 Å². The molecule has 0 aromatic heterocycles. The zero-order valence-corrected chi connectivity index (χ0v) is 13.6. The molecule has 0 radical (unpaired) electrons. The van der Waals surface area contributed by atoms with Crippen molar-refractivity contribution in [2.45, 2.75) is 6.42 Å². The van der Waals surface area contributed by atoms with Crippen LogP contribution in [-0.4, -0.2) is 13.0 Å². The zero-order valence-electron chi connectivity index (χ0n) is 10.7. The van der Waals surface area contributed by atoms with Crippen molar-refractivity contribution in [2.75, 3.05) is 7.11 Å². The number of benzene rings is 1. The minimum atomic E-state index is -0.713. The third-order valence-electron chi connectivity index (χ3n) is 1.90. The van der Waals surface area contributed by atoms with E-state index in [9.17, 15) is 9.18 Å². The quantitative estimate of drug-likeness (QED) is 0.653. The molecule has 0 aliphatic carbocycles. The molecule has 0 fully saturated rings. The summed E-state index contributed by atoms with van der Waals surface area (Å²) in [5.41, 5.74) is 5.02. The van der Waals surface area contributed by atoms with Gasteiger partial charge in [0.25, 0.3) is 0 Å². The number of rotatable bonds is 3. The molecule has 98 valence electrons. The van der Waals surface area contributed by atoms with Crippen LogP contribution in [0.3, 0.4) is 0 Å². The van der Waals surface area contributed by atoms with Crippen LogP contribution in [0.15, 0.2) is 12.1 Å². The fourth-order valence-corrected chi connectivity index (χ4v) is 1.21. The summed E-state index contributed by atoms with van der Waals surface area (Å²) < 4.78 is 18.3. The molecule has 0 atom stereocenters. The van der Waals surface area contributed by atoms with Crippen LogP contribution in [0.2, 0.25) is 0 Å². The molecule has 1 aromatic carbocycles. The summed E-state index contributed by atoms with van der Waals surface area (Å²) >= 11 is 0. The Balaban J connectivity index is -0.000000529. The standard InChI is InChI=1S/C10H9FN2O2.2CN.Zn/c1-15-8-3-2-6(5-12)7(10(8)11)4-9(13)14;2*1-2;/h2-3H,4H2,1H3,(H2,13,14);;;/q;2*-1;+2. The van der Waals surface area contributed by atoms with E-state index in [1.54, 1.807) is 6.07 Å². The molecule has 0 bridgehead atoms. The SMILES string of the molecule is COc1ccc(C#N)c(CC(N)=O)c1F.[C-]#N.[C-]#N.[Zn+2]. The van der Waals surface area contributed by atoms with Crippen molar-refractivity contribution < 1.29 is 33.4 Å². The van der Waals surface area contributed by atoms with E-state index in [4.69, 9.17) is 39.4 Å². The van der Waals surface area contributed by atoms with E-state index in [1.807, 2.05) is 0 Å². The molecule has 0 saturated carbocycles. The number of carbonyl (C=O) groups is 1. The molecule has 0 heterocycles. The van der Waals surface area contributed by atoms with Crippen molar-refractivity contribution in [1.82, 2.24) is 0 Å². The number of nitrogens with two attached hydrogens (primary N) is 1. The molecule has 1 rings (SSSR count). The molecule has 1 amide bonds. The van der Waals surface area contributed by atoms with Gasteiger partial charge >= 0.3 is 19.5 Å². The molecule has 6 nitrogen and oxygen atoms in total. The third-order valence-corrected chi connectivity index (χ3v) is 1.90. The van der Waals surface area contributed by atoms with Crippen LogP contribution in [0.1, 0.15) is 11.1 Å². The first-order chi connectivity index (χ1) is 9.10. The van der Waals surface area contributed by atoms with Crippen molar-refractivity contribution in [3.8, 4) is 11.8 Å². The normalized spacial score (nSPS) is 7.25. The van der Waals surface area contributed by atoms with Crippen molar-refractivity contribution in [1.29, 1.82) is 15.8 Å². The Morgan fingerprint density at radius 3 is 2.25 bits per heavy atom. The van der Waals surface area contributed by atoms with Crippen LogP contribution in [0.5, 0.6) is 5.75 Å². The number of hydrogen-bond donors (Lipinski definition) is 1. The molecule has 8 heteroatoms. The third kappa shape index (κ3) is 6.45. The topological polar surface area (TPSA) is 124 Å². The van der Waals surface area contributed by atoms with Crippen LogP contribution in [-0.2, 0) is 30.7 Å². The van der Waals surface area contributed by atoms with Gasteiger partial charge in [-0.2, -0.15) is 5.26 Å². The molecule has 0 unspecified atom stereocenters. The summed E-state index contributed by atoms with van der Waals surface area (Å²) in [6.07, 6.45) is -0.314. The van der Waals surface area contributed by atoms with E-state index in [1.165, 1.54) is 19.2 Å². The van der Waals surface area contributed by atoms with Gasteiger partial charge in [0.2, 0.25) is 5.91 Å². The van der Waals surface area contributed by atoms with E-state index in [0.29, 0.717) is 0 Å². The number of nitrogens with zero attached hydrogens (tertiary/aromatic N) is 3. The van der Waals surface area contributed by atoms with E-state index < -0.39 is 11.7 Å². The Morgan fingerprint density at radius 1 is 1.40 bits per heavy atom. The molecule has 0 aliphatic rings. The van der Waals surface area contributed by atoms with Gasteiger partial charge in [-0.05, 0) is 12.1 Å². The molecule has 0 spiro atoms. The second-order valence-electron chi connectivity index (χ2n) is 2.86. The second-order valence-corrected chi connectivity index (χ2v) is 2.86. The van der Waals surface area contributed by atoms with Gasteiger partial charge in [-0.25, -0.2) is 4.39 Å². The summed E-state index contributed by atoms with van der Waals surface area (Å²) in [4.78, 5) is 10.7. The van der Waals surface area contributed by atoms with Gasteiger partial charge < -0.3 is 34.1 Å². The summed E-state index contributed by atoms with van der Waals surface area (Å²) in [7, 11) is 1.30. The maximum absolute atomic E-state index is 13.6. The predicted octanol–water partition coefficient (Wildman–Crippen LogP) is 0.924. The smallest absolute Gasteiger partial charge is 0.512 e. The van der Waals surface area contributed by atoms with E-state index in [-0.39, 0.29) is 42.8 Å². The van der Waals surface area contributed by atoms with E-state index in [2.05, 4.69) is 0 Å². The average Bonchev–Trinajstić information content (AvgIpc) is 2.45. The Labute approximate surface area is 128 Å². The fourth-order valence-electron chi connectivity index (χ4n) is 1.21. The summed E-state index contributed by atoms with van der Waals surface area (Å²) in [5.74, 6) is -1.42. The molecule has 2 N–H and O–H groups in total. The Bertz CT molecular complexity index is 517. The maximum Gasteiger partial charge on any atom is 2.00 e. The van der Waals surface area contributed by atoms with Gasteiger partial charge in [-0.3, -0.25) is 4.79 Å². The number of methoxy groups -OCH3 is 1. The minimum Gasteiger partial charge on any atom is -0.512 e. The van der Waals surface area contributed by atoms with Crippen molar-refractivity contribution in [3.05, 3.63) is 42.2 Å². The second kappa shape index (κ2) is 13.0. The summed E-state index contributed by atoms with van der Waals surface area (Å²) in [5, 5.41) is 21.2. The summed E-state index contributed by atoms with van der Waals surface area (Å²) in [6.45, 7) is 9.50. The maximum atomic E-state index is 13.6. The minimum absolute atomic E-state index is 0. The number of halogens is 1. The molecular weight excluding hydrogens is 317 g/mol. The average molecular weight is 326 g/mol. The molecule has 20 heavy (non-hydrogen) atoms. The molecule has 0 saturated heterocycles. The molecular formula is C12H9FN4O2Zn. The predicted molar refractivity (Wildman–Crippen MR) is 60.5 cm³/mol. The Hall–Kier alpha value is -2.49. The number of hydrogen-bond acceptors (Lipinski definition) is 5. The van der Waals surface area contributed by atoms with Crippen LogP contribution >= 0.6 is 0 Å². The first kappa shape index (κ1) is 22.7. The van der Waals surface area contributed by atoms with Crippen molar-refractivity contribution >= 4 is 5.91 Å². The Kier molecular flexibility index (Phi) is 14.7. The summed E-state index contributed by atoms with van der Waals surface area (Å²) in [6, 6.07) is 4.51. The zero-order chi connectivity index (χ0) is 15.4. The van der Waals surface area contributed by atoms with Crippen LogP contribution in [0.4, 0.5) is 4.39 Å². The van der Waals surface area contributed by atoms with Gasteiger partial charge in [-0.15, -0.1) is 0 Å².